The smallest absolute Gasteiger partial charge is 0.329 e. The van der Waals surface area contributed by atoms with E-state index in [4.69, 9.17) is 4.74 Å². The average Bonchev–Trinajstić information content (AvgIpc) is 3.14. The van der Waals surface area contributed by atoms with Crippen LogP contribution in [0, 0.1) is 5.92 Å². The molecule has 1 aliphatic heterocycles. The molecule has 0 aromatic heterocycles. The molecule has 1 heterocycles. The second-order valence-corrected chi connectivity index (χ2v) is 5.69. The highest BCUT2D eigenvalue weighted by Gasteiger charge is 2.52. The molecule has 1 N–H and O–H groups in total. The first-order chi connectivity index (χ1) is 8.51. The first-order valence-corrected chi connectivity index (χ1v) is 6.60. The maximum atomic E-state index is 11.7. The Balaban J connectivity index is 2.25. The second-order valence-electron chi connectivity index (χ2n) is 5.69. The average molecular weight is 255 g/mol. The molecule has 1 saturated carbocycles. The Morgan fingerprint density at radius 3 is 2.61 bits per heavy atom. The fraction of sp³-hybridized carbons (Fsp3) is 0.846. The quantitative estimate of drug-likeness (QED) is 0.751. The molecule has 0 bridgehead atoms. The van der Waals surface area contributed by atoms with Gasteiger partial charge in [-0.15, -0.1) is 0 Å². The lowest BCUT2D eigenvalue weighted by Crippen LogP contribution is -2.60. The van der Waals surface area contributed by atoms with Crippen LogP contribution < -0.4 is 0 Å². The van der Waals surface area contributed by atoms with Gasteiger partial charge in [0.2, 0.25) is 6.41 Å². The summed E-state index contributed by atoms with van der Waals surface area (Å²) in [6.45, 7) is 4.45. The van der Waals surface area contributed by atoms with Gasteiger partial charge in [-0.2, -0.15) is 0 Å². The van der Waals surface area contributed by atoms with Gasteiger partial charge in [0.05, 0.1) is 6.10 Å². The number of carbonyl (C=O) groups excluding carboxylic acids is 1. The van der Waals surface area contributed by atoms with Crippen LogP contribution in [0.2, 0.25) is 0 Å². The van der Waals surface area contributed by atoms with Gasteiger partial charge in [-0.1, -0.05) is 13.8 Å². The first kappa shape index (κ1) is 13.3. The van der Waals surface area contributed by atoms with Crippen LogP contribution >= 0.6 is 0 Å². The summed E-state index contributed by atoms with van der Waals surface area (Å²) in [5.74, 6) is -0.632. The normalized spacial score (nSPS) is 32.3. The highest BCUT2D eigenvalue weighted by Crippen LogP contribution is 2.39. The van der Waals surface area contributed by atoms with E-state index in [9.17, 15) is 14.7 Å². The van der Waals surface area contributed by atoms with E-state index in [1.807, 2.05) is 13.8 Å². The van der Waals surface area contributed by atoms with Crippen molar-refractivity contribution in [2.75, 3.05) is 6.61 Å². The van der Waals surface area contributed by atoms with Gasteiger partial charge >= 0.3 is 5.97 Å². The van der Waals surface area contributed by atoms with Crippen molar-refractivity contribution in [3.8, 4) is 0 Å². The molecule has 2 unspecified atom stereocenters. The van der Waals surface area contributed by atoms with Gasteiger partial charge in [-0.25, -0.2) is 4.79 Å². The van der Waals surface area contributed by atoms with Crippen LogP contribution in [0.1, 0.15) is 39.5 Å². The minimum absolute atomic E-state index is 0.0870. The summed E-state index contributed by atoms with van der Waals surface area (Å²) in [5, 5.41) is 9.61. The van der Waals surface area contributed by atoms with Crippen molar-refractivity contribution in [2.24, 2.45) is 5.92 Å². The van der Waals surface area contributed by atoms with Crippen molar-refractivity contribution in [2.45, 2.75) is 57.2 Å². The molecule has 102 valence electrons. The standard InChI is InChI=1S/C13H21NO4/c1-9(2)11-7-13(12(16)17,5-6-18-11)14(8-15)10-3-4-10/h8-11H,3-7H2,1-2H3,(H,16,17). The van der Waals surface area contributed by atoms with Crippen molar-refractivity contribution in [1.29, 1.82) is 0 Å². The van der Waals surface area contributed by atoms with Gasteiger partial charge in [0.15, 0.2) is 0 Å². The third kappa shape index (κ3) is 2.23. The fourth-order valence-corrected chi connectivity index (χ4v) is 2.73. The van der Waals surface area contributed by atoms with Crippen LogP contribution in [0.5, 0.6) is 0 Å². The number of carboxylic acids is 1. The largest absolute Gasteiger partial charge is 0.479 e. The summed E-state index contributed by atoms with van der Waals surface area (Å²) in [4.78, 5) is 24.5. The number of hydrogen-bond acceptors (Lipinski definition) is 3. The third-order valence-corrected chi connectivity index (χ3v) is 4.08. The van der Waals surface area contributed by atoms with Crippen molar-refractivity contribution in [3.63, 3.8) is 0 Å². The van der Waals surface area contributed by atoms with Crippen LogP contribution in [0.4, 0.5) is 0 Å². The third-order valence-electron chi connectivity index (χ3n) is 4.08. The zero-order valence-corrected chi connectivity index (χ0v) is 11.0. The molecule has 2 aliphatic rings. The van der Waals surface area contributed by atoms with E-state index < -0.39 is 11.5 Å². The Bertz CT molecular complexity index is 340. The highest BCUT2D eigenvalue weighted by atomic mass is 16.5. The van der Waals surface area contributed by atoms with Crippen LogP contribution in [0.25, 0.3) is 0 Å². The summed E-state index contributed by atoms with van der Waals surface area (Å²) >= 11 is 0. The van der Waals surface area contributed by atoms with Gasteiger partial charge in [0.1, 0.15) is 5.54 Å². The summed E-state index contributed by atoms with van der Waals surface area (Å²) in [7, 11) is 0. The predicted octanol–water partition coefficient (Wildman–Crippen LogP) is 1.27. The Labute approximate surface area is 107 Å². The molecule has 5 nitrogen and oxygen atoms in total. The Morgan fingerprint density at radius 2 is 2.17 bits per heavy atom. The molecule has 1 aliphatic carbocycles. The number of ether oxygens (including phenoxy) is 1. The second kappa shape index (κ2) is 4.88. The minimum Gasteiger partial charge on any atom is -0.479 e. The fourth-order valence-electron chi connectivity index (χ4n) is 2.73. The molecule has 0 aromatic rings. The minimum atomic E-state index is -1.06. The maximum absolute atomic E-state index is 11.7. The predicted molar refractivity (Wildman–Crippen MR) is 65.1 cm³/mol. The number of amides is 1. The molecule has 1 saturated heterocycles. The molecule has 5 heteroatoms. The monoisotopic (exact) mass is 255 g/mol. The molecule has 2 atom stereocenters. The molecule has 0 radical (unpaired) electrons. The molecule has 2 rings (SSSR count). The molecular weight excluding hydrogens is 234 g/mol. The van der Waals surface area contributed by atoms with E-state index in [-0.39, 0.29) is 18.1 Å². The van der Waals surface area contributed by atoms with Gasteiger partial charge in [-0.3, -0.25) is 4.79 Å². The number of aliphatic carboxylic acids is 1. The molecule has 0 spiro atoms. The number of nitrogens with zero attached hydrogens (tertiary/aromatic N) is 1. The number of carboxylic acid groups (broad SMARTS) is 1. The summed E-state index contributed by atoms with van der Waals surface area (Å²) in [6.07, 6.45) is 3.25. The summed E-state index contributed by atoms with van der Waals surface area (Å²) in [5.41, 5.74) is -1.06. The number of rotatable bonds is 5. The zero-order valence-electron chi connectivity index (χ0n) is 11.0. The Hall–Kier alpha value is -1.10. The summed E-state index contributed by atoms with van der Waals surface area (Å²) < 4.78 is 5.63. The molecule has 0 aromatic carbocycles. The van der Waals surface area contributed by atoms with E-state index in [0.29, 0.717) is 25.9 Å². The topological polar surface area (TPSA) is 66.8 Å². The first-order valence-electron chi connectivity index (χ1n) is 6.60. The van der Waals surface area contributed by atoms with Crippen molar-refractivity contribution in [1.82, 2.24) is 4.90 Å². The van der Waals surface area contributed by atoms with Gasteiger partial charge in [0, 0.05) is 25.5 Å². The molecule has 18 heavy (non-hydrogen) atoms. The van der Waals surface area contributed by atoms with Gasteiger partial charge in [0.25, 0.3) is 0 Å². The maximum Gasteiger partial charge on any atom is 0.329 e. The van der Waals surface area contributed by atoms with E-state index in [0.717, 1.165) is 12.8 Å². The van der Waals surface area contributed by atoms with E-state index in [1.165, 1.54) is 4.90 Å². The Kier molecular flexibility index (Phi) is 3.61. The molecule has 1 amide bonds. The zero-order chi connectivity index (χ0) is 13.3. The highest BCUT2D eigenvalue weighted by molar-refractivity contribution is 5.82. The van der Waals surface area contributed by atoms with E-state index >= 15 is 0 Å². The van der Waals surface area contributed by atoms with E-state index in [2.05, 4.69) is 0 Å². The SMILES string of the molecule is CC(C)C1CC(C(=O)O)(N(C=O)C2CC2)CCO1. The molecule has 2 fully saturated rings. The lowest BCUT2D eigenvalue weighted by atomic mass is 9.82. The van der Waals surface area contributed by atoms with Crippen LogP contribution in [-0.2, 0) is 14.3 Å². The van der Waals surface area contributed by atoms with Gasteiger partial charge in [-0.05, 0) is 18.8 Å². The van der Waals surface area contributed by atoms with Crippen molar-refractivity contribution >= 4 is 12.4 Å². The van der Waals surface area contributed by atoms with Crippen molar-refractivity contribution < 1.29 is 19.4 Å². The van der Waals surface area contributed by atoms with Crippen molar-refractivity contribution in [3.05, 3.63) is 0 Å². The summed E-state index contributed by atoms with van der Waals surface area (Å²) in [6, 6.07) is 0.115. The number of carbonyl (C=O) groups is 2. The van der Waals surface area contributed by atoms with E-state index in [1.54, 1.807) is 0 Å². The lowest BCUT2D eigenvalue weighted by Gasteiger charge is -2.44. The van der Waals surface area contributed by atoms with Gasteiger partial charge < -0.3 is 14.7 Å². The van der Waals surface area contributed by atoms with Crippen LogP contribution in [-0.4, -0.2) is 46.7 Å². The Morgan fingerprint density at radius 1 is 1.50 bits per heavy atom. The lowest BCUT2D eigenvalue weighted by molar-refractivity contribution is -0.169. The number of hydrogen-bond donors (Lipinski definition) is 1. The van der Waals surface area contributed by atoms with Crippen LogP contribution in [0.3, 0.4) is 0 Å². The van der Waals surface area contributed by atoms with Crippen LogP contribution in [0.15, 0.2) is 0 Å². The molecular formula is C13H21NO4.